The highest BCUT2D eigenvalue weighted by Gasteiger charge is 2.64. The lowest BCUT2D eigenvalue weighted by atomic mass is 9.50. The minimum absolute atomic E-state index is 0.207. The molecule has 0 bridgehead atoms. The number of hydrogen-bond acceptors (Lipinski definition) is 4. The van der Waals surface area contributed by atoms with Crippen LogP contribution in [0.5, 0.6) is 0 Å². The van der Waals surface area contributed by atoms with Crippen LogP contribution in [0.15, 0.2) is 0 Å². The molecule has 0 N–H and O–H groups in total. The average molecular weight is 344 g/mol. The summed E-state index contributed by atoms with van der Waals surface area (Å²) in [5.41, 5.74) is -0.692. The van der Waals surface area contributed by atoms with E-state index in [2.05, 4.69) is 0 Å². The molecule has 4 fully saturated rings. The van der Waals surface area contributed by atoms with E-state index in [0.717, 1.165) is 51.4 Å². The molecule has 4 aliphatic carbocycles. The molecule has 4 atom stereocenters. The van der Waals surface area contributed by atoms with Gasteiger partial charge >= 0.3 is 0 Å². The van der Waals surface area contributed by atoms with Gasteiger partial charge in [-0.15, -0.1) is 0 Å². The first kappa shape index (κ1) is 17.1. The van der Waals surface area contributed by atoms with Crippen LogP contribution in [0, 0.1) is 29.1 Å². The molecule has 0 aliphatic heterocycles. The van der Waals surface area contributed by atoms with Gasteiger partial charge in [-0.3, -0.25) is 19.2 Å². The van der Waals surface area contributed by atoms with Gasteiger partial charge in [0.15, 0.2) is 0 Å². The summed E-state index contributed by atoms with van der Waals surface area (Å²) in [7, 11) is 0. The summed E-state index contributed by atoms with van der Waals surface area (Å²) >= 11 is 0. The Hall–Kier alpha value is -1.32. The van der Waals surface area contributed by atoms with E-state index in [4.69, 9.17) is 0 Å². The molecular formula is C21H28O4. The van der Waals surface area contributed by atoms with Crippen LogP contribution >= 0.6 is 0 Å². The number of hydrogen-bond donors (Lipinski definition) is 0. The van der Waals surface area contributed by atoms with Crippen LogP contribution in [0.1, 0.15) is 77.0 Å². The Balaban J connectivity index is 1.89. The van der Waals surface area contributed by atoms with Crippen molar-refractivity contribution in [2.75, 3.05) is 0 Å². The molecule has 0 spiro atoms. The van der Waals surface area contributed by atoms with Crippen LogP contribution in [0.3, 0.4) is 0 Å². The third-order valence-corrected chi connectivity index (χ3v) is 7.63. The van der Waals surface area contributed by atoms with Gasteiger partial charge in [-0.05, 0) is 51.4 Å². The lowest BCUT2D eigenvalue weighted by molar-refractivity contribution is -0.151. The standard InChI is InChI=1S/C21H28O4/c22-17-9-1-5-13(17)21(14-6-2-10-18(14)23,15-7-3-11-19(15)24)16-8-4-12-20(16)25/h13-16H,1-12H2. The Bertz CT molecular complexity index is 510. The highest BCUT2D eigenvalue weighted by Crippen LogP contribution is 2.61. The van der Waals surface area contributed by atoms with Crippen LogP contribution in [-0.2, 0) is 19.2 Å². The molecule has 4 rings (SSSR count). The maximum Gasteiger partial charge on any atom is 0.136 e. The Morgan fingerprint density at radius 2 is 0.720 bits per heavy atom. The summed E-state index contributed by atoms with van der Waals surface area (Å²) in [6.07, 6.45) is 8.61. The van der Waals surface area contributed by atoms with Crippen molar-refractivity contribution in [2.45, 2.75) is 77.0 Å². The van der Waals surface area contributed by atoms with Gasteiger partial charge in [0.05, 0.1) is 0 Å². The topological polar surface area (TPSA) is 68.3 Å². The van der Waals surface area contributed by atoms with Crippen molar-refractivity contribution in [3.8, 4) is 0 Å². The minimum Gasteiger partial charge on any atom is -0.299 e. The molecule has 4 aliphatic rings. The zero-order valence-electron chi connectivity index (χ0n) is 14.9. The first-order valence-electron chi connectivity index (χ1n) is 10.2. The Morgan fingerprint density at radius 3 is 0.880 bits per heavy atom. The second kappa shape index (κ2) is 6.44. The first-order valence-corrected chi connectivity index (χ1v) is 10.2. The highest BCUT2D eigenvalue weighted by atomic mass is 16.1. The van der Waals surface area contributed by atoms with E-state index in [0.29, 0.717) is 25.7 Å². The molecule has 0 aromatic heterocycles. The monoisotopic (exact) mass is 344 g/mol. The fourth-order valence-electron chi connectivity index (χ4n) is 6.84. The van der Waals surface area contributed by atoms with Gasteiger partial charge in [0, 0.05) is 54.8 Å². The van der Waals surface area contributed by atoms with Crippen molar-refractivity contribution >= 4 is 23.1 Å². The van der Waals surface area contributed by atoms with E-state index in [9.17, 15) is 19.2 Å². The molecular weight excluding hydrogens is 316 g/mol. The summed E-state index contributed by atoms with van der Waals surface area (Å²) in [6, 6.07) is 0. The number of rotatable bonds is 4. The zero-order valence-corrected chi connectivity index (χ0v) is 14.9. The summed E-state index contributed by atoms with van der Waals surface area (Å²) in [4.78, 5) is 51.5. The minimum atomic E-state index is -0.692. The summed E-state index contributed by atoms with van der Waals surface area (Å²) < 4.78 is 0. The Kier molecular flexibility index (Phi) is 4.41. The van der Waals surface area contributed by atoms with E-state index >= 15 is 0 Å². The van der Waals surface area contributed by atoms with Gasteiger partial charge in [-0.2, -0.15) is 0 Å². The molecule has 25 heavy (non-hydrogen) atoms. The molecule has 4 heteroatoms. The smallest absolute Gasteiger partial charge is 0.136 e. The molecule has 0 heterocycles. The second-order valence-electron chi connectivity index (χ2n) is 8.64. The number of carbonyl (C=O) groups is 4. The summed E-state index contributed by atoms with van der Waals surface area (Å²) in [5, 5.41) is 0. The van der Waals surface area contributed by atoms with Crippen molar-refractivity contribution in [3.63, 3.8) is 0 Å². The van der Waals surface area contributed by atoms with Gasteiger partial charge in [0.25, 0.3) is 0 Å². The molecule has 4 saturated carbocycles. The van der Waals surface area contributed by atoms with E-state index in [-0.39, 0.29) is 46.8 Å². The Morgan fingerprint density at radius 1 is 0.480 bits per heavy atom. The van der Waals surface area contributed by atoms with Crippen molar-refractivity contribution in [1.82, 2.24) is 0 Å². The third-order valence-electron chi connectivity index (χ3n) is 7.63. The highest BCUT2D eigenvalue weighted by molar-refractivity contribution is 5.95. The number of carbonyl (C=O) groups excluding carboxylic acids is 4. The second-order valence-corrected chi connectivity index (χ2v) is 8.64. The molecule has 0 aromatic carbocycles. The third kappa shape index (κ3) is 2.47. The molecule has 0 radical (unpaired) electrons. The van der Waals surface area contributed by atoms with Gasteiger partial charge in [-0.25, -0.2) is 0 Å². The lowest BCUT2D eigenvalue weighted by Crippen LogP contribution is -2.55. The Labute approximate surface area is 149 Å². The van der Waals surface area contributed by atoms with Crippen molar-refractivity contribution in [1.29, 1.82) is 0 Å². The van der Waals surface area contributed by atoms with Crippen molar-refractivity contribution < 1.29 is 19.2 Å². The van der Waals surface area contributed by atoms with Gasteiger partial charge in [0.1, 0.15) is 23.1 Å². The molecule has 4 unspecified atom stereocenters. The predicted molar refractivity (Wildman–Crippen MR) is 91.8 cm³/mol. The fourth-order valence-corrected chi connectivity index (χ4v) is 6.84. The van der Waals surface area contributed by atoms with Gasteiger partial charge in [0.2, 0.25) is 0 Å². The molecule has 0 saturated heterocycles. The lowest BCUT2D eigenvalue weighted by Gasteiger charge is -2.50. The van der Waals surface area contributed by atoms with Crippen LogP contribution in [0.25, 0.3) is 0 Å². The molecule has 136 valence electrons. The average Bonchev–Trinajstić information content (AvgIpc) is 3.35. The van der Waals surface area contributed by atoms with Crippen molar-refractivity contribution in [3.05, 3.63) is 0 Å². The van der Waals surface area contributed by atoms with Crippen LogP contribution in [0.4, 0.5) is 0 Å². The number of Topliss-reactive ketones (excluding diaryl/α,β-unsaturated/α-hetero) is 4. The van der Waals surface area contributed by atoms with Crippen LogP contribution in [-0.4, -0.2) is 23.1 Å². The molecule has 4 nitrogen and oxygen atoms in total. The van der Waals surface area contributed by atoms with Crippen LogP contribution < -0.4 is 0 Å². The first-order chi connectivity index (χ1) is 12.1. The normalized spacial score (nSPS) is 38.7. The predicted octanol–water partition coefficient (Wildman–Crippen LogP) is 3.45. The van der Waals surface area contributed by atoms with Gasteiger partial charge < -0.3 is 0 Å². The summed E-state index contributed by atoms with van der Waals surface area (Å²) in [6.45, 7) is 0. The van der Waals surface area contributed by atoms with Crippen molar-refractivity contribution in [2.24, 2.45) is 29.1 Å². The quantitative estimate of drug-likeness (QED) is 0.783. The maximum atomic E-state index is 12.9. The largest absolute Gasteiger partial charge is 0.299 e. The molecule has 0 aromatic rings. The maximum absolute atomic E-state index is 12.9. The SMILES string of the molecule is O=C1CCCC1C(C1CCCC1=O)(C1CCCC1=O)C1CCCC1=O. The fraction of sp³-hybridized carbons (Fsp3) is 0.810. The molecule has 0 amide bonds. The van der Waals surface area contributed by atoms with E-state index in [1.807, 2.05) is 0 Å². The number of ketones is 4. The summed E-state index contributed by atoms with van der Waals surface area (Å²) in [5.74, 6) is -0.175. The van der Waals surface area contributed by atoms with Gasteiger partial charge in [-0.1, -0.05) is 0 Å². The van der Waals surface area contributed by atoms with Crippen LogP contribution in [0.2, 0.25) is 0 Å². The van der Waals surface area contributed by atoms with E-state index in [1.54, 1.807) is 0 Å². The zero-order chi connectivity index (χ0) is 17.6. The van der Waals surface area contributed by atoms with E-state index < -0.39 is 5.41 Å². The van der Waals surface area contributed by atoms with E-state index in [1.165, 1.54) is 0 Å².